The van der Waals surface area contributed by atoms with Crippen LogP contribution in [0, 0.1) is 0 Å². The molecule has 2 unspecified atom stereocenters. The van der Waals surface area contributed by atoms with Gasteiger partial charge in [0, 0.05) is 11.8 Å². The molecule has 0 bridgehead atoms. The summed E-state index contributed by atoms with van der Waals surface area (Å²) in [5, 5.41) is 3.27. The first-order chi connectivity index (χ1) is 7.70. The zero-order valence-electron chi connectivity index (χ0n) is 9.57. The number of carbonyl (C=O) groups excluding carboxylic acids is 2. The van der Waals surface area contributed by atoms with Crippen molar-refractivity contribution in [3.05, 3.63) is 0 Å². The van der Waals surface area contributed by atoms with Gasteiger partial charge in [-0.2, -0.15) is 11.8 Å². The van der Waals surface area contributed by atoms with Crippen molar-refractivity contribution in [2.45, 2.75) is 37.5 Å². The van der Waals surface area contributed by atoms with Gasteiger partial charge in [0.15, 0.2) is 0 Å². The summed E-state index contributed by atoms with van der Waals surface area (Å²) in [4.78, 5) is 25.2. The van der Waals surface area contributed by atoms with E-state index in [2.05, 4.69) is 5.32 Å². The van der Waals surface area contributed by atoms with Crippen molar-refractivity contribution < 1.29 is 9.59 Å². The zero-order valence-corrected chi connectivity index (χ0v) is 10.4. The van der Waals surface area contributed by atoms with E-state index in [-0.39, 0.29) is 24.4 Å². The average molecular weight is 242 g/mol. The maximum Gasteiger partial charge on any atom is 0.245 e. The maximum atomic E-state index is 12.0. The first-order valence-electron chi connectivity index (χ1n) is 5.90. The molecule has 16 heavy (non-hydrogen) atoms. The highest BCUT2D eigenvalue weighted by Crippen LogP contribution is 2.27. The Morgan fingerprint density at radius 2 is 2.31 bits per heavy atom. The maximum absolute atomic E-state index is 12.0. The molecule has 4 nitrogen and oxygen atoms in total. The first kappa shape index (κ1) is 11.8. The average Bonchev–Trinajstić information content (AvgIpc) is 2.75. The van der Waals surface area contributed by atoms with Gasteiger partial charge in [0.25, 0.3) is 0 Å². The molecule has 2 aliphatic rings. The van der Waals surface area contributed by atoms with Gasteiger partial charge < -0.3 is 10.2 Å². The molecular weight excluding hydrogens is 224 g/mol. The van der Waals surface area contributed by atoms with E-state index in [0.29, 0.717) is 11.7 Å². The summed E-state index contributed by atoms with van der Waals surface area (Å²) in [6, 6.07) is -0.298. The molecule has 0 aromatic carbocycles. The minimum atomic E-state index is -0.298. The highest BCUT2D eigenvalue weighted by atomic mass is 32.2. The van der Waals surface area contributed by atoms with Crippen molar-refractivity contribution in [1.29, 1.82) is 0 Å². The summed E-state index contributed by atoms with van der Waals surface area (Å²) in [6.07, 6.45) is 3.09. The highest BCUT2D eigenvalue weighted by Gasteiger charge is 2.33. The van der Waals surface area contributed by atoms with E-state index in [1.54, 1.807) is 4.90 Å². The highest BCUT2D eigenvalue weighted by molar-refractivity contribution is 8.00. The van der Waals surface area contributed by atoms with Crippen molar-refractivity contribution in [2.75, 3.05) is 18.8 Å². The minimum Gasteiger partial charge on any atom is -0.343 e. The van der Waals surface area contributed by atoms with Crippen LogP contribution >= 0.6 is 11.8 Å². The standard InChI is InChI=1S/C11H18N2O2S/c1-2-9-11(15)13(7-10(14)12-9)6-8-4-3-5-16-8/h8-9H,2-7H2,1H3,(H,12,14). The topological polar surface area (TPSA) is 49.4 Å². The van der Waals surface area contributed by atoms with E-state index in [1.165, 1.54) is 18.6 Å². The molecule has 2 amide bonds. The van der Waals surface area contributed by atoms with Gasteiger partial charge in [-0.3, -0.25) is 9.59 Å². The minimum absolute atomic E-state index is 0.0190. The second kappa shape index (κ2) is 5.08. The van der Waals surface area contributed by atoms with E-state index in [4.69, 9.17) is 0 Å². The Labute approximate surface area is 100 Å². The van der Waals surface area contributed by atoms with Crippen LogP contribution in [0.3, 0.4) is 0 Å². The molecule has 2 fully saturated rings. The fourth-order valence-corrected chi connectivity index (χ4v) is 3.52. The number of hydrogen-bond acceptors (Lipinski definition) is 3. The van der Waals surface area contributed by atoms with Crippen molar-refractivity contribution in [3.8, 4) is 0 Å². The van der Waals surface area contributed by atoms with Gasteiger partial charge in [0.2, 0.25) is 11.8 Å². The molecule has 2 heterocycles. The largest absolute Gasteiger partial charge is 0.343 e. The summed E-state index contributed by atoms with van der Waals surface area (Å²) < 4.78 is 0. The molecule has 5 heteroatoms. The molecule has 2 saturated heterocycles. The van der Waals surface area contributed by atoms with E-state index in [9.17, 15) is 9.59 Å². The third-order valence-corrected chi connectivity index (χ3v) is 4.52. The normalized spacial score (nSPS) is 30.7. The predicted molar refractivity (Wildman–Crippen MR) is 64.3 cm³/mol. The van der Waals surface area contributed by atoms with Gasteiger partial charge >= 0.3 is 0 Å². The number of piperazine rings is 1. The smallest absolute Gasteiger partial charge is 0.245 e. The Morgan fingerprint density at radius 3 is 2.94 bits per heavy atom. The lowest BCUT2D eigenvalue weighted by atomic mass is 10.1. The third-order valence-electron chi connectivity index (χ3n) is 3.14. The molecular formula is C11H18N2O2S. The summed E-state index contributed by atoms with van der Waals surface area (Å²) >= 11 is 1.92. The van der Waals surface area contributed by atoms with E-state index >= 15 is 0 Å². The summed E-state index contributed by atoms with van der Waals surface area (Å²) in [7, 11) is 0. The summed E-state index contributed by atoms with van der Waals surface area (Å²) in [5.41, 5.74) is 0. The monoisotopic (exact) mass is 242 g/mol. The van der Waals surface area contributed by atoms with Crippen LogP contribution in [0.5, 0.6) is 0 Å². The van der Waals surface area contributed by atoms with Crippen LogP contribution in [0.2, 0.25) is 0 Å². The fraction of sp³-hybridized carbons (Fsp3) is 0.818. The van der Waals surface area contributed by atoms with E-state index in [1.807, 2.05) is 18.7 Å². The van der Waals surface area contributed by atoms with Crippen molar-refractivity contribution in [2.24, 2.45) is 0 Å². The lowest BCUT2D eigenvalue weighted by Crippen LogP contribution is -2.58. The van der Waals surface area contributed by atoms with Gasteiger partial charge in [-0.15, -0.1) is 0 Å². The Balaban J connectivity index is 1.95. The Bertz CT molecular complexity index is 290. The second-order valence-corrected chi connectivity index (χ2v) is 5.79. The van der Waals surface area contributed by atoms with Crippen LogP contribution < -0.4 is 5.32 Å². The molecule has 1 N–H and O–H groups in total. The van der Waals surface area contributed by atoms with E-state index < -0.39 is 0 Å². The molecule has 90 valence electrons. The fourth-order valence-electron chi connectivity index (χ4n) is 2.24. The number of nitrogens with zero attached hydrogens (tertiary/aromatic N) is 1. The van der Waals surface area contributed by atoms with Crippen LogP contribution in [0.4, 0.5) is 0 Å². The lowest BCUT2D eigenvalue weighted by Gasteiger charge is -2.33. The quantitative estimate of drug-likeness (QED) is 0.789. The number of hydrogen-bond donors (Lipinski definition) is 1. The van der Waals surface area contributed by atoms with Crippen LogP contribution in [-0.4, -0.2) is 46.8 Å². The first-order valence-corrected chi connectivity index (χ1v) is 6.95. The number of rotatable bonds is 3. The van der Waals surface area contributed by atoms with Gasteiger partial charge in [-0.1, -0.05) is 6.92 Å². The van der Waals surface area contributed by atoms with Gasteiger partial charge in [-0.25, -0.2) is 0 Å². The van der Waals surface area contributed by atoms with Crippen molar-refractivity contribution >= 4 is 23.6 Å². The molecule has 0 saturated carbocycles. The van der Waals surface area contributed by atoms with Crippen LogP contribution in [0.1, 0.15) is 26.2 Å². The number of amides is 2. The SMILES string of the molecule is CCC1NC(=O)CN(CC2CCCS2)C1=O. The molecule has 0 aromatic heterocycles. The Morgan fingerprint density at radius 1 is 1.50 bits per heavy atom. The molecule has 2 rings (SSSR count). The summed E-state index contributed by atoms with van der Waals surface area (Å²) in [5.74, 6) is 1.26. The van der Waals surface area contributed by atoms with Gasteiger partial charge in [-0.05, 0) is 25.0 Å². The van der Waals surface area contributed by atoms with Gasteiger partial charge in [0.05, 0.1) is 6.54 Å². The molecule has 0 radical (unpaired) electrons. The molecule has 2 aliphatic heterocycles. The Hall–Kier alpha value is -0.710. The molecule has 2 atom stereocenters. The van der Waals surface area contributed by atoms with Crippen LogP contribution in [-0.2, 0) is 9.59 Å². The number of nitrogens with one attached hydrogen (secondary N) is 1. The number of thioether (sulfide) groups is 1. The Kier molecular flexibility index (Phi) is 3.74. The van der Waals surface area contributed by atoms with Gasteiger partial charge in [0.1, 0.15) is 6.04 Å². The molecule has 0 spiro atoms. The lowest BCUT2D eigenvalue weighted by molar-refractivity contribution is -0.144. The van der Waals surface area contributed by atoms with Crippen molar-refractivity contribution in [1.82, 2.24) is 10.2 Å². The van der Waals surface area contributed by atoms with Crippen LogP contribution in [0.25, 0.3) is 0 Å². The molecule has 0 aromatic rings. The summed E-state index contributed by atoms with van der Waals surface area (Å²) in [6.45, 7) is 2.91. The second-order valence-electron chi connectivity index (χ2n) is 4.38. The van der Waals surface area contributed by atoms with Crippen molar-refractivity contribution in [3.63, 3.8) is 0 Å². The third kappa shape index (κ3) is 2.51. The molecule has 0 aliphatic carbocycles. The predicted octanol–water partition coefficient (Wildman–Crippen LogP) is 0.619. The zero-order chi connectivity index (χ0) is 11.5. The van der Waals surface area contributed by atoms with Crippen LogP contribution in [0.15, 0.2) is 0 Å². The number of carbonyl (C=O) groups is 2. The van der Waals surface area contributed by atoms with E-state index in [0.717, 1.165) is 6.54 Å².